The van der Waals surface area contributed by atoms with Crippen molar-refractivity contribution in [3.8, 4) is 5.75 Å². The normalized spacial score (nSPS) is 12.2. The van der Waals surface area contributed by atoms with Crippen LogP contribution in [0.15, 0.2) is 65.8 Å². The Bertz CT molecular complexity index is 1140. The lowest BCUT2D eigenvalue weighted by Gasteiger charge is -2.19. The number of ether oxygens (including phenoxy) is 1. The molecule has 172 valence electrons. The Morgan fingerprint density at radius 1 is 1.06 bits per heavy atom. The Hall–Kier alpha value is -3.38. The number of carbonyl (C=O) groups excluding carboxylic acids is 2. The van der Waals surface area contributed by atoms with Gasteiger partial charge >= 0.3 is 0 Å². The summed E-state index contributed by atoms with van der Waals surface area (Å²) in [4.78, 5) is 25.5. The van der Waals surface area contributed by atoms with Gasteiger partial charge in [-0.05, 0) is 60.4 Å². The average molecular weight is 466 g/mol. The molecule has 2 amide bonds. The van der Waals surface area contributed by atoms with Gasteiger partial charge in [0.25, 0.3) is 11.8 Å². The van der Waals surface area contributed by atoms with Crippen LogP contribution in [0.1, 0.15) is 43.1 Å². The van der Waals surface area contributed by atoms with E-state index >= 15 is 0 Å². The van der Waals surface area contributed by atoms with E-state index in [-0.39, 0.29) is 17.7 Å². The SMILES string of the molecule is CCOc1ccc2ccccc2c1C=NNC(=O)C(CC(C)C)NC(=O)c1ccc(Cl)cc1. The van der Waals surface area contributed by atoms with E-state index in [2.05, 4.69) is 15.8 Å². The summed E-state index contributed by atoms with van der Waals surface area (Å²) in [6.07, 6.45) is 2.05. The Morgan fingerprint density at radius 3 is 2.48 bits per heavy atom. The molecule has 0 saturated carbocycles. The number of fused-ring (bicyclic) bond motifs is 1. The number of rotatable bonds is 9. The molecule has 1 unspecified atom stereocenters. The topological polar surface area (TPSA) is 79.8 Å². The molecule has 0 aromatic heterocycles. The van der Waals surface area contributed by atoms with E-state index < -0.39 is 6.04 Å². The molecule has 0 spiro atoms. The number of hydrogen-bond acceptors (Lipinski definition) is 4. The average Bonchev–Trinajstić information content (AvgIpc) is 2.80. The molecule has 2 N–H and O–H groups in total. The van der Waals surface area contributed by atoms with Crippen molar-refractivity contribution in [3.63, 3.8) is 0 Å². The minimum absolute atomic E-state index is 0.192. The molecule has 0 bridgehead atoms. The summed E-state index contributed by atoms with van der Waals surface area (Å²) in [6.45, 7) is 6.40. The molecule has 3 rings (SSSR count). The van der Waals surface area contributed by atoms with Crippen LogP contribution in [0.2, 0.25) is 5.02 Å². The summed E-state index contributed by atoms with van der Waals surface area (Å²) in [5.74, 6) is 0.145. The Kier molecular flexibility index (Phi) is 8.44. The predicted octanol–water partition coefficient (Wildman–Crippen LogP) is 5.19. The second-order valence-corrected chi connectivity index (χ2v) is 8.46. The van der Waals surface area contributed by atoms with Crippen LogP contribution in [0, 0.1) is 5.92 Å². The number of carbonyl (C=O) groups is 2. The molecule has 0 aliphatic heterocycles. The lowest BCUT2D eigenvalue weighted by Crippen LogP contribution is -2.46. The zero-order valence-corrected chi connectivity index (χ0v) is 19.7. The van der Waals surface area contributed by atoms with E-state index in [0.29, 0.717) is 29.4 Å². The third-order valence-corrected chi connectivity index (χ3v) is 5.29. The Morgan fingerprint density at radius 2 is 1.79 bits per heavy atom. The molecule has 6 nitrogen and oxygen atoms in total. The van der Waals surface area contributed by atoms with Crippen LogP contribution in [0.3, 0.4) is 0 Å². The second kappa shape index (κ2) is 11.5. The molecule has 0 fully saturated rings. The van der Waals surface area contributed by atoms with Crippen LogP contribution in [-0.4, -0.2) is 30.7 Å². The molecule has 3 aromatic carbocycles. The quantitative estimate of drug-likeness (QED) is 0.337. The molecule has 0 radical (unpaired) electrons. The maximum absolute atomic E-state index is 12.9. The first-order valence-electron chi connectivity index (χ1n) is 10.9. The minimum Gasteiger partial charge on any atom is -0.493 e. The largest absolute Gasteiger partial charge is 0.493 e. The van der Waals surface area contributed by atoms with Gasteiger partial charge in [0.05, 0.1) is 12.8 Å². The molecule has 1 atom stereocenters. The van der Waals surface area contributed by atoms with Crippen molar-refractivity contribution in [3.05, 3.63) is 76.8 Å². The van der Waals surface area contributed by atoms with Crippen molar-refractivity contribution >= 4 is 40.4 Å². The maximum Gasteiger partial charge on any atom is 0.262 e. The van der Waals surface area contributed by atoms with Crippen molar-refractivity contribution in [1.29, 1.82) is 0 Å². The van der Waals surface area contributed by atoms with Gasteiger partial charge in [-0.25, -0.2) is 5.43 Å². The van der Waals surface area contributed by atoms with Gasteiger partial charge in [0, 0.05) is 16.1 Å². The van der Waals surface area contributed by atoms with Crippen molar-refractivity contribution < 1.29 is 14.3 Å². The highest BCUT2D eigenvalue weighted by Gasteiger charge is 2.22. The van der Waals surface area contributed by atoms with Crippen molar-refractivity contribution in [1.82, 2.24) is 10.7 Å². The third-order valence-electron chi connectivity index (χ3n) is 5.03. The van der Waals surface area contributed by atoms with E-state index in [4.69, 9.17) is 16.3 Å². The zero-order valence-electron chi connectivity index (χ0n) is 19.0. The molecular weight excluding hydrogens is 438 g/mol. The van der Waals surface area contributed by atoms with E-state index in [1.54, 1.807) is 30.5 Å². The molecule has 0 aliphatic carbocycles. The smallest absolute Gasteiger partial charge is 0.262 e. The zero-order chi connectivity index (χ0) is 23.8. The number of nitrogens with zero attached hydrogens (tertiary/aromatic N) is 1. The molecule has 33 heavy (non-hydrogen) atoms. The first-order valence-corrected chi connectivity index (χ1v) is 11.3. The minimum atomic E-state index is -0.732. The van der Waals surface area contributed by atoms with Gasteiger partial charge < -0.3 is 10.1 Å². The Balaban J connectivity index is 1.77. The van der Waals surface area contributed by atoms with Gasteiger partial charge in [-0.15, -0.1) is 0 Å². The highest BCUT2D eigenvalue weighted by Crippen LogP contribution is 2.26. The van der Waals surface area contributed by atoms with Crippen LogP contribution < -0.4 is 15.5 Å². The summed E-state index contributed by atoms with van der Waals surface area (Å²) in [5.41, 5.74) is 3.79. The number of amides is 2. The van der Waals surface area contributed by atoms with Crippen LogP contribution in [0.4, 0.5) is 0 Å². The fourth-order valence-corrected chi connectivity index (χ4v) is 3.60. The van der Waals surface area contributed by atoms with Crippen LogP contribution in [0.5, 0.6) is 5.75 Å². The van der Waals surface area contributed by atoms with E-state index in [9.17, 15) is 9.59 Å². The van der Waals surface area contributed by atoms with Gasteiger partial charge in [0.2, 0.25) is 0 Å². The number of hydrazone groups is 1. The molecule has 0 saturated heterocycles. The second-order valence-electron chi connectivity index (χ2n) is 8.03. The van der Waals surface area contributed by atoms with Gasteiger partial charge in [-0.3, -0.25) is 9.59 Å². The first-order chi connectivity index (χ1) is 15.9. The van der Waals surface area contributed by atoms with Crippen LogP contribution in [0.25, 0.3) is 10.8 Å². The highest BCUT2D eigenvalue weighted by atomic mass is 35.5. The lowest BCUT2D eigenvalue weighted by atomic mass is 10.0. The summed E-state index contributed by atoms with van der Waals surface area (Å²) in [6, 6.07) is 17.6. The summed E-state index contributed by atoms with van der Waals surface area (Å²) < 4.78 is 5.74. The van der Waals surface area contributed by atoms with Gasteiger partial charge in [-0.2, -0.15) is 5.10 Å². The summed E-state index contributed by atoms with van der Waals surface area (Å²) >= 11 is 5.90. The number of hydrogen-bond donors (Lipinski definition) is 2. The monoisotopic (exact) mass is 465 g/mol. The van der Waals surface area contributed by atoms with Crippen molar-refractivity contribution in [2.24, 2.45) is 11.0 Å². The fraction of sp³-hybridized carbons (Fsp3) is 0.269. The third kappa shape index (κ3) is 6.56. The summed E-state index contributed by atoms with van der Waals surface area (Å²) in [7, 11) is 0. The highest BCUT2D eigenvalue weighted by molar-refractivity contribution is 6.30. The maximum atomic E-state index is 12.9. The number of nitrogens with one attached hydrogen (secondary N) is 2. The number of benzene rings is 3. The van der Waals surface area contributed by atoms with Crippen LogP contribution >= 0.6 is 11.6 Å². The van der Waals surface area contributed by atoms with Gasteiger partial charge in [0.15, 0.2) is 0 Å². The van der Waals surface area contributed by atoms with Crippen molar-refractivity contribution in [2.45, 2.75) is 33.2 Å². The Labute approximate surface area is 199 Å². The lowest BCUT2D eigenvalue weighted by molar-refractivity contribution is -0.123. The predicted molar refractivity (Wildman–Crippen MR) is 133 cm³/mol. The standard InChI is InChI=1S/C26H28ClN3O3/c1-4-33-24-14-11-18-7-5-6-8-21(18)22(24)16-28-30-26(32)23(15-17(2)3)29-25(31)19-9-12-20(27)13-10-19/h5-14,16-17,23H,4,15H2,1-3H3,(H,29,31)(H,30,32). The fourth-order valence-electron chi connectivity index (χ4n) is 3.47. The van der Waals surface area contributed by atoms with Gasteiger partial charge in [0.1, 0.15) is 11.8 Å². The van der Waals surface area contributed by atoms with Crippen molar-refractivity contribution in [2.75, 3.05) is 6.61 Å². The van der Waals surface area contributed by atoms with Gasteiger partial charge in [-0.1, -0.05) is 55.8 Å². The first kappa shape index (κ1) is 24.3. The number of halogens is 1. The molecule has 3 aromatic rings. The van der Waals surface area contributed by atoms with Crippen LogP contribution in [-0.2, 0) is 4.79 Å². The molecular formula is C26H28ClN3O3. The molecule has 7 heteroatoms. The van der Waals surface area contributed by atoms with E-state index in [1.807, 2.05) is 57.2 Å². The molecule has 0 aliphatic rings. The molecule has 0 heterocycles. The summed E-state index contributed by atoms with van der Waals surface area (Å²) in [5, 5.41) is 9.53. The van der Waals surface area contributed by atoms with E-state index in [1.165, 1.54) is 0 Å². The van der Waals surface area contributed by atoms with E-state index in [0.717, 1.165) is 16.3 Å².